The lowest BCUT2D eigenvalue weighted by atomic mass is 10.0. The Morgan fingerprint density at radius 3 is 1.23 bits per heavy atom. The molecule has 4 heteroatoms. The summed E-state index contributed by atoms with van der Waals surface area (Å²) < 4.78 is 4.78. The molecule has 64 heavy (non-hydrogen) atoms. The quantitative estimate of drug-likeness (QED) is 0.168. The Hall–Kier alpha value is -8.60. The minimum Gasteiger partial charge on any atom is -0.309 e. The number of hydrogen-bond acceptors (Lipinski definition) is 2. The Balaban J connectivity index is 0.881. The molecule has 0 saturated heterocycles. The van der Waals surface area contributed by atoms with Crippen LogP contribution in [0.5, 0.6) is 0 Å². The number of fused-ring (bicyclic) bond motifs is 8. The molecule has 0 aliphatic rings. The van der Waals surface area contributed by atoms with Crippen molar-refractivity contribution < 1.29 is 0 Å². The molecule has 10 aromatic carbocycles. The average Bonchev–Trinajstić information content (AvgIpc) is 3.88. The van der Waals surface area contributed by atoms with Gasteiger partial charge in [0.25, 0.3) is 0 Å². The van der Waals surface area contributed by atoms with E-state index in [2.05, 4.69) is 209 Å². The predicted molar refractivity (Wildman–Crippen MR) is 267 cm³/mol. The zero-order chi connectivity index (χ0) is 42.1. The van der Waals surface area contributed by atoms with Gasteiger partial charge in [-0.15, -0.1) is 0 Å². The number of benzene rings is 10. The maximum Gasteiger partial charge on any atom is 0.0973 e. The minimum atomic E-state index is 0.873. The molecule has 13 aromatic rings. The monoisotopic (exact) mass is 814 g/mol. The molecule has 298 valence electrons. The van der Waals surface area contributed by atoms with Crippen LogP contribution in [0.15, 0.2) is 231 Å². The third kappa shape index (κ3) is 5.84. The first-order valence-electron chi connectivity index (χ1n) is 21.8. The fraction of sp³-hybridized carbons (Fsp3) is 0. The molecule has 13 rings (SSSR count). The second kappa shape index (κ2) is 14.5. The summed E-state index contributed by atoms with van der Waals surface area (Å²) in [4.78, 5) is 10.3. The topological polar surface area (TPSA) is 35.6 Å². The van der Waals surface area contributed by atoms with Crippen molar-refractivity contribution in [3.05, 3.63) is 231 Å². The van der Waals surface area contributed by atoms with Crippen LogP contribution in [0, 0.1) is 0 Å². The lowest BCUT2D eigenvalue weighted by molar-refractivity contribution is 1.18. The summed E-state index contributed by atoms with van der Waals surface area (Å²) in [7, 11) is 0. The second-order valence-electron chi connectivity index (χ2n) is 16.6. The lowest BCUT2D eigenvalue weighted by Gasteiger charge is -2.12. The first-order valence-corrected chi connectivity index (χ1v) is 21.8. The van der Waals surface area contributed by atoms with Crippen LogP contribution in [0.2, 0.25) is 0 Å². The molecule has 0 aliphatic carbocycles. The van der Waals surface area contributed by atoms with Gasteiger partial charge in [-0.05, 0) is 112 Å². The second-order valence-corrected chi connectivity index (χ2v) is 16.6. The van der Waals surface area contributed by atoms with Crippen LogP contribution in [0.1, 0.15) is 0 Å². The minimum absolute atomic E-state index is 0.873. The van der Waals surface area contributed by atoms with E-state index < -0.39 is 0 Å². The molecule has 3 heterocycles. The number of nitrogens with zero attached hydrogens (tertiary/aromatic N) is 4. The van der Waals surface area contributed by atoms with Gasteiger partial charge in [0.1, 0.15) is 0 Å². The van der Waals surface area contributed by atoms with E-state index in [9.17, 15) is 0 Å². The Kier molecular flexibility index (Phi) is 8.18. The number of para-hydroxylation sites is 4. The van der Waals surface area contributed by atoms with Gasteiger partial charge in [-0.2, -0.15) is 0 Å². The molecular formula is C60H38N4. The highest BCUT2D eigenvalue weighted by Gasteiger charge is 2.18. The van der Waals surface area contributed by atoms with Gasteiger partial charge >= 0.3 is 0 Å². The molecule has 0 unspecified atom stereocenters. The Bertz CT molecular complexity index is 3930. The van der Waals surface area contributed by atoms with Gasteiger partial charge in [0, 0.05) is 44.0 Å². The van der Waals surface area contributed by atoms with E-state index >= 15 is 0 Å². The van der Waals surface area contributed by atoms with Crippen molar-refractivity contribution in [3.63, 3.8) is 0 Å². The molecule has 0 amide bonds. The normalized spacial score (nSPS) is 11.8. The number of aromatic nitrogens is 4. The summed E-state index contributed by atoms with van der Waals surface area (Å²) in [6.45, 7) is 0. The fourth-order valence-corrected chi connectivity index (χ4v) is 9.80. The summed E-state index contributed by atoms with van der Waals surface area (Å²) in [5.41, 5.74) is 17.4. The first-order chi connectivity index (χ1) is 31.7. The molecule has 0 aliphatic heterocycles. The maximum absolute atomic E-state index is 5.16. The van der Waals surface area contributed by atoms with E-state index in [1.807, 2.05) is 30.3 Å². The van der Waals surface area contributed by atoms with E-state index in [0.717, 1.165) is 50.4 Å². The van der Waals surface area contributed by atoms with E-state index in [1.54, 1.807) is 0 Å². The highest BCUT2D eigenvalue weighted by Crippen LogP contribution is 2.39. The Morgan fingerprint density at radius 1 is 0.250 bits per heavy atom. The van der Waals surface area contributed by atoms with Gasteiger partial charge in [0.2, 0.25) is 0 Å². The van der Waals surface area contributed by atoms with Crippen LogP contribution >= 0.6 is 0 Å². The average molecular weight is 815 g/mol. The zero-order valence-corrected chi connectivity index (χ0v) is 34.7. The van der Waals surface area contributed by atoms with Crippen molar-refractivity contribution >= 4 is 65.4 Å². The first kappa shape index (κ1) is 36.1. The van der Waals surface area contributed by atoms with Gasteiger partial charge in [-0.1, -0.05) is 152 Å². The van der Waals surface area contributed by atoms with E-state index in [1.165, 1.54) is 71.1 Å². The van der Waals surface area contributed by atoms with Gasteiger partial charge in [0.05, 0.1) is 44.5 Å². The third-order valence-electron chi connectivity index (χ3n) is 12.9. The summed E-state index contributed by atoms with van der Waals surface area (Å²) in [6.07, 6.45) is 0. The van der Waals surface area contributed by atoms with Gasteiger partial charge in [-0.25, -0.2) is 9.97 Å². The molecule has 0 fully saturated rings. The van der Waals surface area contributed by atoms with Crippen molar-refractivity contribution in [2.75, 3.05) is 0 Å². The maximum atomic E-state index is 5.16. The SMILES string of the molecule is c1ccc(-c2nc3ccccc3nc2-c2ccc(-n3c4ccccc4c4cc(-c5ccc6c(c5)c5ccccc5n6-c5ccc(-c6ccc7ccccc7c6)cc5)ccc43)cc2)cc1. The van der Waals surface area contributed by atoms with Crippen LogP contribution in [0.25, 0.3) is 122 Å². The van der Waals surface area contributed by atoms with Crippen molar-refractivity contribution in [3.8, 4) is 56.1 Å². The Labute approximate surface area is 369 Å². The fourth-order valence-electron chi connectivity index (χ4n) is 9.80. The molecule has 0 N–H and O–H groups in total. The van der Waals surface area contributed by atoms with Crippen LogP contribution in [-0.2, 0) is 0 Å². The summed E-state index contributed by atoms with van der Waals surface area (Å²) in [6, 6.07) is 82.8. The number of hydrogen-bond donors (Lipinski definition) is 0. The molecule has 0 saturated carbocycles. The van der Waals surface area contributed by atoms with E-state index in [0.29, 0.717) is 0 Å². The molecule has 0 bridgehead atoms. The molecular weight excluding hydrogens is 777 g/mol. The predicted octanol–water partition coefficient (Wildman–Crippen LogP) is 15.6. The summed E-state index contributed by atoms with van der Waals surface area (Å²) in [5, 5.41) is 7.43. The third-order valence-corrected chi connectivity index (χ3v) is 12.9. The standard InChI is InChI=1S/C60H38N4/c1-2-13-41(14-3-1)59-60(62-54-19-9-8-18-53(54)61-59)42-26-32-48(33-27-42)64-56-21-11-7-17-50(56)52-38-46(29-35-58(52)64)45-28-34-57-51(37-45)49-16-6-10-20-55(49)63(57)47-30-24-40(25-31-47)44-23-22-39-12-4-5-15-43(39)36-44/h1-38H. The van der Waals surface area contributed by atoms with Gasteiger partial charge < -0.3 is 9.13 Å². The largest absolute Gasteiger partial charge is 0.309 e. The molecule has 4 nitrogen and oxygen atoms in total. The molecule has 0 atom stereocenters. The van der Waals surface area contributed by atoms with Crippen LogP contribution < -0.4 is 0 Å². The number of rotatable bonds is 6. The zero-order valence-electron chi connectivity index (χ0n) is 34.7. The van der Waals surface area contributed by atoms with Crippen molar-refractivity contribution in [1.29, 1.82) is 0 Å². The molecule has 3 aromatic heterocycles. The van der Waals surface area contributed by atoms with Gasteiger partial charge in [0.15, 0.2) is 0 Å². The highest BCUT2D eigenvalue weighted by atomic mass is 15.0. The summed E-state index contributed by atoms with van der Waals surface area (Å²) in [5.74, 6) is 0. The molecule has 0 radical (unpaired) electrons. The smallest absolute Gasteiger partial charge is 0.0973 e. The summed E-state index contributed by atoms with van der Waals surface area (Å²) >= 11 is 0. The van der Waals surface area contributed by atoms with Crippen LogP contribution in [0.4, 0.5) is 0 Å². The van der Waals surface area contributed by atoms with Crippen molar-refractivity contribution in [2.24, 2.45) is 0 Å². The van der Waals surface area contributed by atoms with Crippen LogP contribution in [0.3, 0.4) is 0 Å². The molecule has 0 spiro atoms. The van der Waals surface area contributed by atoms with Crippen LogP contribution in [-0.4, -0.2) is 19.1 Å². The lowest BCUT2D eigenvalue weighted by Crippen LogP contribution is -1.97. The van der Waals surface area contributed by atoms with Gasteiger partial charge in [-0.3, -0.25) is 0 Å². The highest BCUT2D eigenvalue weighted by molar-refractivity contribution is 6.13. The van der Waals surface area contributed by atoms with E-state index in [4.69, 9.17) is 9.97 Å². The van der Waals surface area contributed by atoms with Crippen molar-refractivity contribution in [1.82, 2.24) is 19.1 Å². The van der Waals surface area contributed by atoms with E-state index in [-0.39, 0.29) is 0 Å². The van der Waals surface area contributed by atoms with Crippen molar-refractivity contribution in [2.45, 2.75) is 0 Å². The Morgan fingerprint density at radius 2 is 0.656 bits per heavy atom.